The number of aliphatic hydroxyl groups is 1. The Kier molecular flexibility index (Phi) is 5.35. The van der Waals surface area contributed by atoms with Crippen molar-refractivity contribution >= 4 is 23.2 Å². The quantitative estimate of drug-likeness (QED) is 0.605. The van der Waals surface area contributed by atoms with Crippen molar-refractivity contribution in [3.63, 3.8) is 0 Å². The third kappa shape index (κ3) is 4.08. The van der Waals surface area contributed by atoms with Gasteiger partial charge in [-0.15, -0.1) is 11.3 Å². The molecule has 4 rings (SSSR count). The van der Waals surface area contributed by atoms with E-state index in [9.17, 15) is 14.7 Å². The van der Waals surface area contributed by atoms with Crippen LogP contribution in [0.4, 0.5) is 0 Å². The molecule has 0 bridgehead atoms. The van der Waals surface area contributed by atoms with Gasteiger partial charge in [-0.2, -0.15) is 5.10 Å². The van der Waals surface area contributed by atoms with E-state index in [0.29, 0.717) is 22.9 Å². The first-order chi connectivity index (χ1) is 14.8. The Morgan fingerprint density at radius 1 is 1.35 bits per heavy atom. The van der Waals surface area contributed by atoms with Gasteiger partial charge in [-0.1, -0.05) is 24.0 Å². The average molecular weight is 436 g/mol. The molecule has 0 spiro atoms. The number of thiazole rings is 1. The second-order valence-corrected chi connectivity index (χ2v) is 8.53. The van der Waals surface area contributed by atoms with Crippen molar-refractivity contribution in [3.05, 3.63) is 47.9 Å². The molecule has 3 heterocycles. The summed E-state index contributed by atoms with van der Waals surface area (Å²) in [5.74, 6) is 5.05. The largest absolute Gasteiger partial charge is 0.379 e. The van der Waals surface area contributed by atoms with E-state index >= 15 is 0 Å². The molecule has 0 unspecified atom stereocenters. The maximum Gasteiger partial charge on any atom is 0.268 e. The Morgan fingerprint density at radius 3 is 2.81 bits per heavy atom. The number of likely N-dealkylation sites (N-methyl/N-ethyl adjacent to an activating group) is 1. The van der Waals surface area contributed by atoms with Gasteiger partial charge in [-0.05, 0) is 12.1 Å². The zero-order chi connectivity index (χ0) is 22.2. The van der Waals surface area contributed by atoms with E-state index in [0.717, 1.165) is 16.7 Å². The van der Waals surface area contributed by atoms with Crippen LogP contribution in [0.15, 0.2) is 36.7 Å². The van der Waals surface area contributed by atoms with Gasteiger partial charge in [0.05, 0.1) is 11.1 Å². The molecule has 1 aliphatic heterocycles. The molecule has 3 N–H and O–H groups in total. The van der Waals surface area contributed by atoms with Crippen molar-refractivity contribution in [1.29, 1.82) is 0 Å². The predicted octanol–water partition coefficient (Wildman–Crippen LogP) is 1.64. The monoisotopic (exact) mass is 435 g/mol. The Bertz CT molecular complexity index is 1240. The van der Waals surface area contributed by atoms with Crippen LogP contribution >= 0.6 is 11.3 Å². The van der Waals surface area contributed by atoms with E-state index in [4.69, 9.17) is 5.73 Å². The van der Waals surface area contributed by atoms with Gasteiger partial charge in [0.25, 0.3) is 11.8 Å². The van der Waals surface area contributed by atoms with Gasteiger partial charge in [-0.25, -0.2) is 4.98 Å². The fourth-order valence-corrected chi connectivity index (χ4v) is 4.49. The number of nitrogens with zero attached hydrogens (tertiary/aromatic N) is 4. The van der Waals surface area contributed by atoms with Crippen LogP contribution in [0.25, 0.3) is 21.0 Å². The summed E-state index contributed by atoms with van der Waals surface area (Å²) in [7, 11) is 3.47. The smallest absolute Gasteiger partial charge is 0.268 e. The lowest BCUT2D eigenvalue weighted by molar-refractivity contribution is -0.141. The highest BCUT2D eigenvalue weighted by atomic mass is 32.1. The molecule has 2 amide bonds. The predicted molar refractivity (Wildman–Crippen MR) is 117 cm³/mol. The van der Waals surface area contributed by atoms with Crippen molar-refractivity contribution in [3.8, 4) is 32.9 Å². The minimum Gasteiger partial charge on any atom is -0.379 e. The molecule has 0 aliphatic carbocycles. The topological polar surface area (TPSA) is 114 Å². The maximum absolute atomic E-state index is 12.1. The summed E-state index contributed by atoms with van der Waals surface area (Å²) in [5, 5.41) is 15.3. The van der Waals surface area contributed by atoms with Crippen LogP contribution in [-0.2, 0) is 11.8 Å². The van der Waals surface area contributed by atoms with Gasteiger partial charge in [-0.3, -0.25) is 14.3 Å². The van der Waals surface area contributed by atoms with Crippen LogP contribution in [0.2, 0.25) is 0 Å². The van der Waals surface area contributed by atoms with Crippen molar-refractivity contribution in [2.75, 3.05) is 13.6 Å². The van der Waals surface area contributed by atoms with Crippen molar-refractivity contribution in [2.45, 2.75) is 18.4 Å². The summed E-state index contributed by atoms with van der Waals surface area (Å²) in [6.45, 7) is 0.526. The zero-order valence-corrected chi connectivity index (χ0v) is 17.9. The van der Waals surface area contributed by atoms with Gasteiger partial charge < -0.3 is 15.7 Å². The highest BCUT2D eigenvalue weighted by Crippen LogP contribution is 2.35. The van der Waals surface area contributed by atoms with Crippen molar-refractivity contribution in [1.82, 2.24) is 19.7 Å². The van der Waals surface area contributed by atoms with Gasteiger partial charge in [0.1, 0.15) is 10.7 Å². The maximum atomic E-state index is 12.1. The van der Waals surface area contributed by atoms with Crippen LogP contribution in [0.5, 0.6) is 0 Å². The van der Waals surface area contributed by atoms with E-state index in [2.05, 4.69) is 21.9 Å². The second kappa shape index (κ2) is 7.98. The van der Waals surface area contributed by atoms with Crippen LogP contribution in [0.1, 0.15) is 28.9 Å². The highest BCUT2D eigenvalue weighted by molar-refractivity contribution is 7.18. The van der Waals surface area contributed by atoms with Gasteiger partial charge in [0, 0.05) is 56.4 Å². The first kappa shape index (κ1) is 20.8. The molecule has 3 aromatic rings. The first-order valence-electron chi connectivity index (χ1n) is 9.64. The minimum atomic E-state index is -1.41. The van der Waals surface area contributed by atoms with E-state index < -0.39 is 11.5 Å². The number of carbonyl (C=O) groups excluding carboxylic acids is 2. The molecule has 0 radical (unpaired) electrons. The molecule has 158 valence electrons. The van der Waals surface area contributed by atoms with E-state index in [1.807, 2.05) is 24.3 Å². The fourth-order valence-electron chi connectivity index (χ4n) is 3.45. The highest BCUT2D eigenvalue weighted by Gasteiger charge is 2.42. The van der Waals surface area contributed by atoms with Crippen molar-refractivity contribution in [2.24, 2.45) is 12.8 Å². The van der Waals surface area contributed by atoms with Crippen LogP contribution < -0.4 is 5.73 Å². The third-order valence-electron chi connectivity index (χ3n) is 5.16. The number of aryl methyl sites for hydroxylation is 1. The molecule has 1 aliphatic rings. The molecule has 1 fully saturated rings. The first-order valence-corrected chi connectivity index (χ1v) is 10.5. The second-order valence-electron chi connectivity index (χ2n) is 7.53. The Labute approximate surface area is 183 Å². The van der Waals surface area contributed by atoms with Gasteiger partial charge in [0.2, 0.25) is 0 Å². The Balaban J connectivity index is 1.61. The number of aromatic nitrogens is 3. The lowest BCUT2D eigenvalue weighted by Gasteiger charge is -2.17. The molecule has 1 saturated heterocycles. The third-order valence-corrected chi connectivity index (χ3v) is 6.31. The molecule has 1 aromatic carbocycles. The average Bonchev–Trinajstić information content (AvgIpc) is 3.43. The summed E-state index contributed by atoms with van der Waals surface area (Å²) in [6.07, 6.45) is 3.92. The summed E-state index contributed by atoms with van der Waals surface area (Å²) in [4.78, 5) is 30.6. The van der Waals surface area contributed by atoms with E-state index in [1.54, 1.807) is 31.2 Å². The Hall–Kier alpha value is -3.48. The summed E-state index contributed by atoms with van der Waals surface area (Å²) in [6, 6.07) is 7.42. The van der Waals surface area contributed by atoms with Gasteiger partial charge >= 0.3 is 0 Å². The standard InChI is InChI=1S/C22H21N5O3S/c1-26-10-9-22(30,21(26)29)8-4-6-14-5-3-7-15(11-14)20-25-17(19(23)28)18(31-20)16-12-24-27(2)13-16/h3,5,7,11-13,30H,8-10H2,1-2H3,(H2,23,28)/t22-/m0/s1. The lowest BCUT2D eigenvalue weighted by Crippen LogP contribution is -2.38. The number of hydrogen-bond acceptors (Lipinski definition) is 6. The molecule has 8 nitrogen and oxygen atoms in total. The summed E-state index contributed by atoms with van der Waals surface area (Å²) < 4.78 is 1.65. The number of primary amides is 1. The molecular weight excluding hydrogens is 414 g/mol. The lowest BCUT2D eigenvalue weighted by atomic mass is 9.98. The van der Waals surface area contributed by atoms with Gasteiger partial charge in [0.15, 0.2) is 5.60 Å². The van der Waals surface area contributed by atoms with Crippen molar-refractivity contribution < 1.29 is 14.7 Å². The number of likely N-dealkylation sites (tertiary alicyclic amines) is 1. The molecule has 9 heteroatoms. The SMILES string of the molecule is CN1CC[C@@](O)(CC#Cc2cccc(-c3nc(C(N)=O)c(-c4cnn(C)c4)s3)c2)C1=O. The number of benzene rings is 1. The van der Waals surface area contributed by atoms with E-state index in [1.165, 1.54) is 16.2 Å². The summed E-state index contributed by atoms with van der Waals surface area (Å²) >= 11 is 1.36. The zero-order valence-electron chi connectivity index (χ0n) is 17.1. The number of amides is 2. The Morgan fingerprint density at radius 2 is 2.16 bits per heavy atom. The number of nitrogens with two attached hydrogens (primary N) is 1. The number of rotatable bonds is 4. The number of hydrogen-bond donors (Lipinski definition) is 2. The van der Waals surface area contributed by atoms with Crippen LogP contribution in [-0.4, -0.2) is 55.8 Å². The molecular formula is C22H21N5O3S. The minimum absolute atomic E-state index is 0.0780. The van der Waals surface area contributed by atoms with E-state index in [-0.39, 0.29) is 18.0 Å². The molecule has 2 aromatic heterocycles. The molecule has 31 heavy (non-hydrogen) atoms. The van der Waals surface area contributed by atoms with Crippen LogP contribution in [0.3, 0.4) is 0 Å². The molecule has 0 saturated carbocycles. The fraction of sp³-hybridized carbons (Fsp3) is 0.273. The normalized spacial score (nSPS) is 18.2. The summed E-state index contributed by atoms with van der Waals surface area (Å²) in [5.41, 5.74) is 6.62. The number of carbonyl (C=O) groups is 2. The molecule has 1 atom stereocenters. The van der Waals surface area contributed by atoms with Crippen LogP contribution in [0, 0.1) is 11.8 Å².